The van der Waals surface area contributed by atoms with E-state index in [1.807, 2.05) is 6.92 Å². The normalized spacial score (nSPS) is 21.4. The first-order valence-electron chi connectivity index (χ1n) is 8.73. The molecule has 3 N–H and O–H groups in total. The molecule has 0 saturated carbocycles. The molecular weight excluding hydrogens is 314 g/mol. The molecule has 136 valence electrons. The van der Waals surface area contributed by atoms with E-state index in [9.17, 15) is 13.5 Å². The summed E-state index contributed by atoms with van der Waals surface area (Å²) >= 11 is 0. The fourth-order valence-electron chi connectivity index (χ4n) is 3.01. The molecule has 1 unspecified atom stereocenters. The molecule has 6 nitrogen and oxygen atoms in total. The van der Waals surface area contributed by atoms with Gasteiger partial charge in [0.05, 0.1) is 11.5 Å². The molecule has 0 aromatic heterocycles. The zero-order valence-electron chi connectivity index (χ0n) is 14.8. The summed E-state index contributed by atoms with van der Waals surface area (Å²) in [6.07, 6.45) is 3.44. The molecule has 0 aliphatic carbocycles. The maximum absolute atomic E-state index is 11.5. The van der Waals surface area contributed by atoms with Crippen LogP contribution in [0.15, 0.2) is 4.99 Å². The van der Waals surface area contributed by atoms with Crippen LogP contribution in [0.3, 0.4) is 0 Å². The molecule has 0 aromatic carbocycles. The first kappa shape index (κ1) is 20.2. The van der Waals surface area contributed by atoms with Crippen molar-refractivity contribution in [2.75, 3.05) is 37.7 Å². The van der Waals surface area contributed by atoms with Crippen LogP contribution < -0.4 is 10.6 Å². The third-order valence-corrected chi connectivity index (χ3v) is 6.78. The summed E-state index contributed by atoms with van der Waals surface area (Å²) in [5, 5.41) is 15.8. The third kappa shape index (κ3) is 6.67. The highest BCUT2D eigenvalue weighted by Gasteiger charge is 2.28. The van der Waals surface area contributed by atoms with E-state index in [-0.39, 0.29) is 23.7 Å². The van der Waals surface area contributed by atoms with E-state index >= 15 is 0 Å². The average molecular weight is 348 g/mol. The molecule has 1 fully saturated rings. The topological polar surface area (TPSA) is 90.8 Å². The third-order valence-electron chi connectivity index (χ3n) is 4.94. The molecule has 0 radical (unpaired) electrons. The number of aliphatic imine (C=N–C) groups is 1. The number of nitrogens with one attached hydrogen (secondary N) is 2. The number of hydrogen-bond donors (Lipinski definition) is 3. The summed E-state index contributed by atoms with van der Waals surface area (Å²) < 4.78 is 23.0. The van der Waals surface area contributed by atoms with Gasteiger partial charge in [-0.2, -0.15) is 0 Å². The number of aliphatic hydroxyl groups is 1. The first-order valence-corrected chi connectivity index (χ1v) is 10.6. The maximum Gasteiger partial charge on any atom is 0.191 e. The summed E-state index contributed by atoms with van der Waals surface area (Å²) in [6.45, 7) is 8.53. The van der Waals surface area contributed by atoms with E-state index in [0.717, 1.165) is 38.2 Å². The minimum absolute atomic E-state index is 0.0355. The standard InChI is InChI=1S/C16H33N3O3S/c1-4-16(5-2,8-9-20)13-19-15(17-6-3)18-11-14-7-10-23(21,22)12-14/h14,20H,4-13H2,1-3H3,(H2,17,18,19). The predicted octanol–water partition coefficient (Wildman–Crippen LogP) is 1.17. The Morgan fingerprint density at radius 1 is 1.26 bits per heavy atom. The van der Waals surface area contributed by atoms with Crippen molar-refractivity contribution in [2.24, 2.45) is 16.3 Å². The first-order chi connectivity index (χ1) is 10.9. The van der Waals surface area contributed by atoms with Crippen LogP contribution in [-0.4, -0.2) is 57.2 Å². The van der Waals surface area contributed by atoms with Gasteiger partial charge in [-0.15, -0.1) is 0 Å². The lowest BCUT2D eigenvalue weighted by molar-refractivity contribution is 0.175. The number of nitrogens with zero attached hydrogens (tertiary/aromatic N) is 1. The Balaban J connectivity index is 2.62. The highest BCUT2D eigenvalue weighted by Crippen LogP contribution is 2.30. The summed E-state index contributed by atoms with van der Waals surface area (Å²) in [4.78, 5) is 4.68. The van der Waals surface area contributed by atoms with Crippen LogP contribution in [0.1, 0.15) is 46.5 Å². The smallest absolute Gasteiger partial charge is 0.191 e. The molecule has 1 saturated heterocycles. The van der Waals surface area contributed by atoms with Gasteiger partial charge in [0, 0.05) is 26.2 Å². The second-order valence-electron chi connectivity index (χ2n) is 6.53. The molecule has 1 atom stereocenters. The van der Waals surface area contributed by atoms with Crippen LogP contribution in [0.25, 0.3) is 0 Å². The minimum atomic E-state index is -2.83. The fourth-order valence-corrected chi connectivity index (χ4v) is 4.87. The van der Waals surface area contributed by atoms with Gasteiger partial charge in [0.25, 0.3) is 0 Å². The van der Waals surface area contributed by atoms with E-state index in [1.165, 1.54) is 0 Å². The molecule has 0 spiro atoms. The van der Waals surface area contributed by atoms with Gasteiger partial charge < -0.3 is 15.7 Å². The molecule has 1 aliphatic heterocycles. The van der Waals surface area contributed by atoms with Gasteiger partial charge in [-0.3, -0.25) is 4.99 Å². The Hall–Kier alpha value is -0.820. The van der Waals surface area contributed by atoms with Crippen molar-refractivity contribution in [1.29, 1.82) is 0 Å². The average Bonchev–Trinajstić information content (AvgIpc) is 2.88. The van der Waals surface area contributed by atoms with Crippen molar-refractivity contribution in [3.05, 3.63) is 0 Å². The van der Waals surface area contributed by atoms with Crippen LogP contribution in [0.2, 0.25) is 0 Å². The van der Waals surface area contributed by atoms with Crippen molar-refractivity contribution in [2.45, 2.75) is 46.5 Å². The predicted molar refractivity (Wildman–Crippen MR) is 95.5 cm³/mol. The van der Waals surface area contributed by atoms with Crippen LogP contribution in [0, 0.1) is 11.3 Å². The molecule has 1 aliphatic rings. The molecule has 23 heavy (non-hydrogen) atoms. The lowest BCUT2D eigenvalue weighted by Crippen LogP contribution is -2.41. The second kappa shape index (κ2) is 9.47. The number of rotatable bonds is 9. The van der Waals surface area contributed by atoms with Gasteiger partial charge in [0.1, 0.15) is 0 Å². The number of guanidine groups is 1. The minimum Gasteiger partial charge on any atom is -0.396 e. The number of hydrogen-bond acceptors (Lipinski definition) is 4. The van der Waals surface area contributed by atoms with E-state index in [4.69, 9.17) is 0 Å². The summed E-state index contributed by atoms with van der Waals surface area (Å²) in [5.74, 6) is 1.49. The summed E-state index contributed by atoms with van der Waals surface area (Å²) in [7, 11) is -2.83. The van der Waals surface area contributed by atoms with Crippen molar-refractivity contribution in [3.63, 3.8) is 0 Å². The van der Waals surface area contributed by atoms with Gasteiger partial charge in [0.15, 0.2) is 15.8 Å². The van der Waals surface area contributed by atoms with Crippen molar-refractivity contribution in [1.82, 2.24) is 10.6 Å². The van der Waals surface area contributed by atoms with Crippen molar-refractivity contribution >= 4 is 15.8 Å². The fraction of sp³-hybridized carbons (Fsp3) is 0.938. The second-order valence-corrected chi connectivity index (χ2v) is 8.75. The van der Waals surface area contributed by atoms with Crippen LogP contribution >= 0.6 is 0 Å². The van der Waals surface area contributed by atoms with Gasteiger partial charge >= 0.3 is 0 Å². The zero-order valence-corrected chi connectivity index (χ0v) is 15.6. The van der Waals surface area contributed by atoms with E-state index in [2.05, 4.69) is 29.5 Å². The van der Waals surface area contributed by atoms with Crippen LogP contribution in [0.5, 0.6) is 0 Å². The summed E-state index contributed by atoms with van der Waals surface area (Å²) in [5.41, 5.74) is 0.0355. The lowest BCUT2D eigenvalue weighted by atomic mass is 9.79. The van der Waals surface area contributed by atoms with Crippen molar-refractivity contribution < 1.29 is 13.5 Å². The molecule has 1 heterocycles. The highest BCUT2D eigenvalue weighted by atomic mass is 32.2. The Labute approximate surface area is 141 Å². The van der Waals surface area contributed by atoms with Gasteiger partial charge in [-0.05, 0) is 43.9 Å². The van der Waals surface area contributed by atoms with E-state index in [1.54, 1.807) is 0 Å². The Morgan fingerprint density at radius 2 is 1.96 bits per heavy atom. The molecule has 1 rings (SSSR count). The monoisotopic (exact) mass is 347 g/mol. The Morgan fingerprint density at radius 3 is 2.43 bits per heavy atom. The zero-order chi connectivity index (χ0) is 17.3. The number of aliphatic hydroxyl groups excluding tert-OH is 1. The van der Waals surface area contributed by atoms with E-state index < -0.39 is 9.84 Å². The molecule has 0 amide bonds. The van der Waals surface area contributed by atoms with Gasteiger partial charge in [0.2, 0.25) is 0 Å². The van der Waals surface area contributed by atoms with Crippen LogP contribution in [0.4, 0.5) is 0 Å². The van der Waals surface area contributed by atoms with Crippen molar-refractivity contribution in [3.8, 4) is 0 Å². The maximum atomic E-state index is 11.5. The van der Waals surface area contributed by atoms with E-state index in [0.29, 0.717) is 18.8 Å². The number of sulfone groups is 1. The Bertz CT molecular complexity index is 473. The summed E-state index contributed by atoms with van der Waals surface area (Å²) in [6, 6.07) is 0. The van der Waals surface area contributed by atoms with Gasteiger partial charge in [-0.1, -0.05) is 13.8 Å². The highest BCUT2D eigenvalue weighted by molar-refractivity contribution is 7.91. The van der Waals surface area contributed by atoms with Gasteiger partial charge in [-0.25, -0.2) is 8.42 Å². The largest absolute Gasteiger partial charge is 0.396 e. The molecule has 7 heteroatoms. The molecular formula is C16H33N3O3S. The SMILES string of the molecule is CCNC(=NCC(CC)(CC)CCO)NCC1CCS(=O)(=O)C1. The van der Waals surface area contributed by atoms with Crippen LogP contribution in [-0.2, 0) is 9.84 Å². The quantitative estimate of drug-likeness (QED) is 0.430. The Kier molecular flexibility index (Phi) is 8.33. The molecule has 0 bridgehead atoms. The molecule has 0 aromatic rings. The lowest BCUT2D eigenvalue weighted by Gasteiger charge is -2.29.